The number of carbonyl (C=O) groups excluding carboxylic acids is 3. The summed E-state index contributed by atoms with van der Waals surface area (Å²) < 4.78 is 18.2. The molecule has 0 atom stereocenters. The summed E-state index contributed by atoms with van der Waals surface area (Å²) in [6.07, 6.45) is 1.37. The van der Waals surface area contributed by atoms with Gasteiger partial charge in [-0.25, -0.2) is 9.18 Å². The van der Waals surface area contributed by atoms with E-state index in [2.05, 4.69) is 5.32 Å². The van der Waals surface area contributed by atoms with E-state index in [-0.39, 0.29) is 48.5 Å². The van der Waals surface area contributed by atoms with Crippen LogP contribution in [0.2, 0.25) is 5.02 Å². The van der Waals surface area contributed by atoms with Crippen LogP contribution in [0, 0.1) is 5.82 Å². The smallest absolute Gasteiger partial charge is 0.327 e. The number of hydrogen-bond donors (Lipinski definition) is 1. The molecule has 3 rings (SSSR count). The summed E-state index contributed by atoms with van der Waals surface area (Å²) in [5, 5.41) is 2.65. The molecule has 1 N–H and O–H groups in total. The first-order valence-corrected chi connectivity index (χ1v) is 9.84. The molecule has 4 amide bonds. The number of methoxy groups -OCH3 is 1. The van der Waals surface area contributed by atoms with Crippen molar-refractivity contribution >= 4 is 35.1 Å². The van der Waals surface area contributed by atoms with Crippen LogP contribution in [0.25, 0.3) is 0 Å². The van der Waals surface area contributed by atoms with Crippen molar-refractivity contribution in [3.8, 4) is 0 Å². The lowest BCUT2D eigenvalue weighted by molar-refractivity contribution is -0.125. The first-order chi connectivity index (χ1) is 13.9. The lowest BCUT2D eigenvalue weighted by Gasteiger charge is -2.35. The van der Waals surface area contributed by atoms with Crippen LogP contribution in [0.15, 0.2) is 18.2 Å². The van der Waals surface area contributed by atoms with E-state index >= 15 is 0 Å². The Morgan fingerprint density at radius 3 is 2.69 bits per heavy atom. The molecule has 0 unspecified atom stereocenters. The van der Waals surface area contributed by atoms with Crippen LogP contribution in [-0.4, -0.2) is 85.0 Å². The molecule has 2 aliphatic heterocycles. The van der Waals surface area contributed by atoms with Crippen LogP contribution in [0.4, 0.5) is 14.9 Å². The number of nitrogens with zero attached hydrogens (tertiary/aromatic N) is 3. The summed E-state index contributed by atoms with van der Waals surface area (Å²) in [5.41, 5.74) is 0.439. The third-order valence-electron chi connectivity index (χ3n) is 5.17. The van der Waals surface area contributed by atoms with Crippen molar-refractivity contribution in [1.29, 1.82) is 0 Å². The van der Waals surface area contributed by atoms with Gasteiger partial charge in [0.2, 0.25) is 11.8 Å². The molecular formula is C19H24ClFN4O4. The number of amides is 4. The molecule has 2 saturated heterocycles. The zero-order chi connectivity index (χ0) is 21.0. The Bertz CT molecular complexity index is 785. The number of likely N-dealkylation sites (tertiary alicyclic amines) is 1. The topological polar surface area (TPSA) is 82.2 Å². The quantitative estimate of drug-likeness (QED) is 0.672. The molecule has 2 fully saturated rings. The Morgan fingerprint density at radius 1 is 1.31 bits per heavy atom. The zero-order valence-corrected chi connectivity index (χ0v) is 17.0. The van der Waals surface area contributed by atoms with Gasteiger partial charge in [-0.1, -0.05) is 11.6 Å². The highest BCUT2D eigenvalue weighted by molar-refractivity contribution is 6.31. The minimum absolute atomic E-state index is 0.0192. The lowest BCUT2D eigenvalue weighted by Crippen LogP contribution is -2.48. The SMILES string of the molecule is COCCN1C(=O)CN(C2CCN(CC(=O)Nc3ccc(F)c(Cl)c3)CC2)C1=O. The van der Waals surface area contributed by atoms with Crippen molar-refractivity contribution in [2.24, 2.45) is 0 Å². The van der Waals surface area contributed by atoms with E-state index < -0.39 is 5.82 Å². The molecule has 0 radical (unpaired) electrons. The van der Waals surface area contributed by atoms with Gasteiger partial charge < -0.3 is 15.0 Å². The number of rotatable bonds is 7. The Kier molecular flexibility index (Phi) is 7.05. The number of benzene rings is 1. The van der Waals surface area contributed by atoms with Crippen LogP contribution < -0.4 is 5.32 Å². The molecule has 0 aromatic heterocycles. The third kappa shape index (κ3) is 5.23. The van der Waals surface area contributed by atoms with Gasteiger partial charge in [-0.05, 0) is 31.0 Å². The van der Waals surface area contributed by atoms with Crippen LogP contribution >= 0.6 is 11.6 Å². The van der Waals surface area contributed by atoms with Gasteiger partial charge >= 0.3 is 6.03 Å². The van der Waals surface area contributed by atoms with Gasteiger partial charge in [0.25, 0.3) is 0 Å². The number of carbonyl (C=O) groups is 3. The van der Waals surface area contributed by atoms with E-state index in [0.29, 0.717) is 38.2 Å². The summed E-state index contributed by atoms with van der Waals surface area (Å²) in [6.45, 7) is 2.14. The number of hydrogen-bond acceptors (Lipinski definition) is 5. The molecule has 0 aliphatic carbocycles. The van der Waals surface area contributed by atoms with Crippen LogP contribution in [0.5, 0.6) is 0 Å². The molecule has 8 nitrogen and oxygen atoms in total. The monoisotopic (exact) mass is 426 g/mol. The fraction of sp³-hybridized carbons (Fsp3) is 0.526. The van der Waals surface area contributed by atoms with Gasteiger partial charge in [0.1, 0.15) is 12.4 Å². The van der Waals surface area contributed by atoms with Crippen molar-refractivity contribution in [2.45, 2.75) is 18.9 Å². The molecule has 10 heteroatoms. The number of anilines is 1. The highest BCUT2D eigenvalue weighted by atomic mass is 35.5. The van der Waals surface area contributed by atoms with Crippen molar-refractivity contribution in [1.82, 2.24) is 14.7 Å². The normalized spacial score (nSPS) is 18.6. The summed E-state index contributed by atoms with van der Waals surface area (Å²) in [4.78, 5) is 41.7. The van der Waals surface area contributed by atoms with E-state index in [0.717, 1.165) is 0 Å². The van der Waals surface area contributed by atoms with E-state index in [9.17, 15) is 18.8 Å². The summed E-state index contributed by atoms with van der Waals surface area (Å²) in [7, 11) is 1.53. The predicted molar refractivity (Wildman–Crippen MR) is 105 cm³/mol. The number of urea groups is 1. The molecule has 2 aliphatic rings. The van der Waals surface area contributed by atoms with E-state index in [1.807, 2.05) is 4.90 Å². The molecule has 2 heterocycles. The van der Waals surface area contributed by atoms with Crippen molar-refractivity contribution in [3.05, 3.63) is 29.0 Å². The van der Waals surface area contributed by atoms with E-state index in [4.69, 9.17) is 16.3 Å². The predicted octanol–water partition coefficient (Wildman–Crippen LogP) is 1.79. The molecule has 1 aromatic carbocycles. The van der Waals surface area contributed by atoms with E-state index in [1.54, 1.807) is 4.90 Å². The number of ether oxygens (including phenoxy) is 1. The third-order valence-corrected chi connectivity index (χ3v) is 5.46. The minimum atomic E-state index is -0.539. The van der Waals surface area contributed by atoms with Crippen molar-refractivity contribution in [3.63, 3.8) is 0 Å². The highest BCUT2D eigenvalue weighted by Crippen LogP contribution is 2.22. The Hall–Kier alpha value is -2.23. The highest BCUT2D eigenvalue weighted by Gasteiger charge is 2.40. The second-order valence-corrected chi connectivity index (χ2v) is 7.54. The first-order valence-electron chi connectivity index (χ1n) is 9.46. The van der Waals surface area contributed by atoms with Gasteiger partial charge in [-0.2, -0.15) is 0 Å². The number of piperidine rings is 1. The molecule has 29 heavy (non-hydrogen) atoms. The van der Waals surface area contributed by atoms with Crippen molar-refractivity contribution in [2.75, 3.05) is 51.8 Å². The largest absolute Gasteiger partial charge is 0.383 e. The average Bonchev–Trinajstić information content (AvgIpc) is 2.97. The van der Waals surface area contributed by atoms with Crippen LogP contribution in [0.3, 0.4) is 0 Å². The average molecular weight is 427 g/mol. The Morgan fingerprint density at radius 2 is 2.03 bits per heavy atom. The maximum atomic E-state index is 13.2. The molecule has 1 aromatic rings. The number of halogens is 2. The van der Waals surface area contributed by atoms with Gasteiger partial charge in [0, 0.05) is 31.9 Å². The molecule has 158 valence electrons. The number of nitrogens with one attached hydrogen (secondary N) is 1. The second kappa shape index (κ2) is 9.51. The summed E-state index contributed by atoms with van der Waals surface area (Å²) in [6, 6.07) is 3.74. The first kappa shape index (κ1) is 21.5. The molecule has 0 saturated carbocycles. The molecule has 0 spiro atoms. The second-order valence-electron chi connectivity index (χ2n) is 7.13. The van der Waals surface area contributed by atoms with Gasteiger partial charge in [0.05, 0.1) is 24.7 Å². The van der Waals surface area contributed by atoms with Gasteiger partial charge in [-0.15, -0.1) is 0 Å². The fourth-order valence-corrected chi connectivity index (χ4v) is 3.80. The summed E-state index contributed by atoms with van der Waals surface area (Å²) >= 11 is 5.72. The minimum Gasteiger partial charge on any atom is -0.383 e. The Balaban J connectivity index is 1.46. The van der Waals surface area contributed by atoms with Crippen LogP contribution in [-0.2, 0) is 14.3 Å². The Labute approximate surface area is 173 Å². The maximum Gasteiger partial charge on any atom is 0.327 e. The molecular weight excluding hydrogens is 403 g/mol. The standard InChI is InChI=1S/C19H24ClFN4O4/c1-29-9-8-24-18(27)12-25(19(24)28)14-4-6-23(7-5-14)11-17(26)22-13-2-3-16(21)15(20)10-13/h2-3,10,14H,4-9,11-12H2,1H3,(H,22,26). The van der Waals surface area contributed by atoms with Crippen LogP contribution in [0.1, 0.15) is 12.8 Å². The van der Waals surface area contributed by atoms with Gasteiger partial charge in [0.15, 0.2) is 0 Å². The summed E-state index contributed by atoms with van der Waals surface area (Å²) in [5.74, 6) is -0.960. The number of imide groups is 1. The van der Waals surface area contributed by atoms with Gasteiger partial charge in [-0.3, -0.25) is 19.4 Å². The van der Waals surface area contributed by atoms with Crippen molar-refractivity contribution < 1.29 is 23.5 Å². The lowest BCUT2D eigenvalue weighted by atomic mass is 10.0. The maximum absolute atomic E-state index is 13.2. The fourth-order valence-electron chi connectivity index (χ4n) is 3.62. The zero-order valence-electron chi connectivity index (χ0n) is 16.2. The molecule has 0 bridgehead atoms. The van der Waals surface area contributed by atoms with E-state index in [1.165, 1.54) is 30.2 Å².